The molecule has 2 aliphatic rings. The smallest absolute Gasteiger partial charge is 0.307 e. The van der Waals surface area contributed by atoms with Gasteiger partial charge in [-0.1, -0.05) is 11.6 Å². The van der Waals surface area contributed by atoms with E-state index in [-0.39, 0.29) is 18.3 Å². The van der Waals surface area contributed by atoms with Crippen molar-refractivity contribution in [3.63, 3.8) is 0 Å². The minimum absolute atomic E-state index is 0.102. The van der Waals surface area contributed by atoms with Crippen LogP contribution in [0.3, 0.4) is 0 Å². The highest BCUT2D eigenvalue weighted by atomic mass is 35.5. The topological polar surface area (TPSA) is 85.7 Å². The number of carboxylic acid groups (broad SMARTS) is 1. The van der Waals surface area contributed by atoms with Crippen LogP contribution < -0.4 is 14.7 Å². The number of aliphatic carboxylic acids is 1. The molecule has 37 heavy (non-hydrogen) atoms. The summed E-state index contributed by atoms with van der Waals surface area (Å²) in [5.41, 5.74) is 2.19. The molecule has 10 heteroatoms. The molecule has 2 fully saturated rings. The van der Waals surface area contributed by atoms with E-state index in [2.05, 4.69) is 33.5 Å². The quantitative estimate of drug-likeness (QED) is 0.498. The van der Waals surface area contributed by atoms with E-state index in [0.29, 0.717) is 48.0 Å². The van der Waals surface area contributed by atoms with Crippen molar-refractivity contribution in [2.75, 3.05) is 40.9 Å². The van der Waals surface area contributed by atoms with E-state index in [9.17, 15) is 9.18 Å². The van der Waals surface area contributed by atoms with E-state index in [1.807, 2.05) is 6.07 Å². The first-order chi connectivity index (χ1) is 17.8. The van der Waals surface area contributed by atoms with Crippen molar-refractivity contribution in [1.29, 1.82) is 0 Å². The molecule has 194 valence electrons. The fraction of sp³-hybridized carbons (Fsp3) is 0.407. The molecule has 0 saturated carbocycles. The van der Waals surface area contributed by atoms with Gasteiger partial charge in [-0.25, -0.2) is 14.4 Å². The van der Waals surface area contributed by atoms with Gasteiger partial charge >= 0.3 is 5.97 Å². The Hall–Kier alpha value is -3.46. The lowest BCUT2D eigenvalue weighted by Crippen LogP contribution is -2.52. The van der Waals surface area contributed by atoms with Crippen LogP contribution in [0.5, 0.6) is 0 Å². The van der Waals surface area contributed by atoms with Crippen LogP contribution in [0.2, 0.25) is 5.02 Å². The molecule has 0 amide bonds. The van der Waals surface area contributed by atoms with Crippen LogP contribution in [-0.4, -0.2) is 64.3 Å². The summed E-state index contributed by atoms with van der Waals surface area (Å²) in [6.45, 7) is 7.30. The molecule has 2 unspecified atom stereocenters. The van der Waals surface area contributed by atoms with E-state index in [1.54, 1.807) is 24.4 Å². The van der Waals surface area contributed by atoms with E-state index < -0.39 is 5.97 Å². The molecular weight excluding hydrogens is 495 g/mol. The van der Waals surface area contributed by atoms with Gasteiger partial charge in [0, 0.05) is 56.1 Å². The molecule has 2 aromatic heterocycles. The van der Waals surface area contributed by atoms with E-state index in [4.69, 9.17) is 26.7 Å². The van der Waals surface area contributed by atoms with E-state index in [1.165, 1.54) is 12.1 Å². The van der Waals surface area contributed by atoms with Crippen molar-refractivity contribution >= 4 is 35.2 Å². The molecule has 2 saturated heterocycles. The molecule has 4 heterocycles. The third-order valence-electron chi connectivity index (χ3n) is 7.11. The van der Waals surface area contributed by atoms with Crippen molar-refractivity contribution in [3.05, 3.63) is 59.0 Å². The molecule has 3 aromatic rings. The SMILES string of the molecule is CC1CN(c2ncc(CC(=O)O)cc2Cl)CCN1c1cc(-c2ccc(F)cc2)nc(N2CCCC2C)n1. The second-order valence-corrected chi connectivity index (χ2v) is 10.2. The van der Waals surface area contributed by atoms with Crippen LogP contribution in [0.15, 0.2) is 42.6 Å². The summed E-state index contributed by atoms with van der Waals surface area (Å²) in [5, 5.41) is 9.49. The summed E-state index contributed by atoms with van der Waals surface area (Å²) < 4.78 is 13.6. The van der Waals surface area contributed by atoms with Crippen LogP contribution >= 0.6 is 11.6 Å². The predicted molar refractivity (Wildman–Crippen MR) is 143 cm³/mol. The summed E-state index contributed by atoms with van der Waals surface area (Å²) in [4.78, 5) is 32.0. The van der Waals surface area contributed by atoms with Crippen LogP contribution in [0.4, 0.5) is 22.0 Å². The van der Waals surface area contributed by atoms with Gasteiger partial charge in [0.05, 0.1) is 17.1 Å². The minimum atomic E-state index is -0.916. The fourth-order valence-electron chi connectivity index (χ4n) is 5.16. The van der Waals surface area contributed by atoms with Gasteiger partial charge in [0.25, 0.3) is 0 Å². The Morgan fingerprint density at radius 1 is 1.08 bits per heavy atom. The van der Waals surface area contributed by atoms with Gasteiger partial charge in [0.15, 0.2) is 0 Å². The maximum atomic E-state index is 13.6. The second kappa shape index (κ2) is 10.5. The summed E-state index contributed by atoms with van der Waals surface area (Å²) in [6.07, 6.45) is 3.68. The van der Waals surface area contributed by atoms with Gasteiger partial charge in [0.1, 0.15) is 17.5 Å². The first-order valence-electron chi connectivity index (χ1n) is 12.6. The summed E-state index contributed by atoms with van der Waals surface area (Å²) >= 11 is 6.49. The lowest BCUT2D eigenvalue weighted by Gasteiger charge is -2.41. The monoisotopic (exact) mass is 524 g/mol. The molecular formula is C27H30ClFN6O2. The maximum Gasteiger partial charge on any atom is 0.307 e. The van der Waals surface area contributed by atoms with E-state index >= 15 is 0 Å². The molecule has 8 nitrogen and oxygen atoms in total. The zero-order valence-electron chi connectivity index (χ0n) is 20.9. The van der Waals surface area contributed by atoms with Gasteiger partial charge in [-0.05, 0) is 62.6 Å². The average Bonchev–Trinajstić information content (AvgIpc) is 3.30. The first kappa shape index (κ1) is 25.2. The number of halogens is 2. The highest BCUT2D eigenvalue weighted by Crippen LogP contribution is 2.32. The number of carbonyl (C=O) groups is 1. The predicted octanol–water partition coefficient (Wildman–Crippen LogP) is 4.66. The third kappa shape index (κ3) is 5.46. The van der Waals surface area contributed by atoms with Gasteiger partial charge in [-0.2, -0.15) is 4.98 Å². The number of hydrogen-bond donors (Lipinski definition) is 1. The molecule has 5 rings (SSSR count). The van der Waals surface area contributed by atoms with Crippen LogP contribution in [0, 0.1) is 5.82 Å². The highest BCUT2D eigenvalue weighted by molar-refractivity contribution is 6.33. The Morgan fingerprint density at radius 3 is 2.51 bits per heavy atom. The number of aromatic nitrogens is 3. The van der Waals surface area contributed by atoms with Crippen molar-refractivity contribution in [2.45, 2.75) is 45.2 Å². The molecule has 0 bridgehead atoms. The van der Waals surface area contributed by atoms with Crippen molar-refractivity contribution in [3.8, 4) is 11.3 Å². The zero-order chi connectivity index (χ0) is 26.1. The molecule has 0 spiro atoms. The number of nitrogens with zero attached hydrogens (tertiary/aromatic N) is 6. The number of hydrogen-bond acceptors (Lipinski definition) is 7. The summed E-state index contributed by atoms with van der Waals surface area (Å²) in [6, 6.07) is 10.5. The molecule has 2 aliphatic heterocycles. The maximum absolute atomic E-state index is 13.6. The summed E-state index contributed by atoms with van der Waals surface area (Å²) in [7, 11) is 0. The molecule has 0 aliphatic carbocycles. The Morgan fingerprint density at radius 2 is 1.86 bits per heavy atom. The summed E-state index contributed by atoms with van der Waals surface area (Å²) in [5.74, 6) is 1.00. The Bertz CT molecular complexity index is 1290. The molecule has 2 atom stereocenters. The highest BCUT2D eigenvalue weighted by Gasteiger charge is 2.29. The van der Waals surface area contributed by atoms with Crippen molar-refractivity contribution < 1.29 is 14.3 Å². The number of benzene rings is 1. The zero-order valence-corrected chi connectivity index (χ0v) is 21.7. The Kier molecular flexibility index (Phi) is 7.15. The number of anilines is 3. The van der Waals surface area contributed by atoms with Gasteiger partial charge in [0.2, 0.25) is 5.95 Å². The van der Waals surface area contributed by atoms with Gasteiger partial charge in [-0.15, -0.1) is 0 Å². The van der Waals surface area contributed by atoms with Crippen molar-refractivity contribution in [1.82, 2.24) is 15.0 Å². The lowest BCUT2D eigenvalue weighted by atomic mass is 10.1. The van der Waals surface area contributed by atoms with Crippen LogP contribution in [0.25, 0.3) is 11.3 Å². The van der Waals surface area contributed by atoms with Gasteiger partial charge < -0.3 is 19.8 Å². The number of carboxylic acids is 1. The average molecular weight is 525 g/mol. The standard InChI is InChI=1S/C27H30ClFN6O2/c1-17-4-3-9-35(17)27-31-23(20-5-7-21(29)8-6-20)14-24(32-27)34-11-10-33(16-18(34)2)26-22(28)12-19(15-30-26)13-25(36)37/h5-8,12,14-15,17-18H,3-4,9-11,13,16H2,1-2H3,(H,36,37). The van der Waals surface area contributed by atoms with Crippen molar-refractivity contribution in [2.24, 2.45) is 0 Å². The van der Waals surface area contributed by atoms with E-state index in [0.717, 1.165) is 36.5 Å². The minimum Gasteiger partial charge on any atom is -0.481 e. The van der Waals surface area contributed by atoms with Gasteiger partial charge in [-0.3, -0.25) is 4.79 Å². The largest absolute Gasteiger partial charge is 0.481 e. The normalized spacial score (nSPS) is 19.9. The first-order valence-corrected chi connectivity index (χ1v) is 13.0. The lowest BCUT2D eigenvalue weighted by molar-refractivity contribution is -0.136. The van der Waals surface area contributed by atoms with Crippen LogP contribution in [0.1, 0.15) is 32.3 Å². The second-order valence-electron chi connectivity index (χ2n) is 9.81. The number of piperazine rings is 1. The fourth-order valence-corrected chi connectivity index (χ4v) is 5.47. The Labute approximate surface area is 220 Å². The number of rotatable bonds is 6. The molecule has 1 N–H and O–H groups in total. The number of pyridine rings is 1. The third-order valence-corrected chi connectivity index (χ3v) is 7.38. The molecule has 1 aromatic carbocycles. The Balaban J connectivity index is 1.41. The molecule has 0 radical (unpaired) electrons. The van der Waals surface area contributed by atoms with Crippen LogP contribution in [-0.2, 0) is 11.2 Å².